The Hall–Kier alpha value is -2.90. The van der Waals surface area contributed by atoms with Gasteiger partial charge >= 0.3 is 0 Å². The van der Waals surface area contributed by atoms with Gasteiger partial charge in [-0.15, -0.1) is 0 Å². The van der Waals surface area contributed by atoms with Gasteiger partial charge in [-0.25, -0.2) is 4.68 Å². The van der Waals surface area contributed by atoms with E-state index in [9.17, 15) is 9.59 Å². The molecule has 114 valence electrons. The van der Waals surface area contributed by atoms with E-state index in [4.69, 9.17) is 4.74 Å². The van der Waals surface area contributed by atoms with Gasteiger partial charge in [0.1, 0.15) is 18.1 Å². The zero-order valence-electron chi connectivity index (χ0n) is 11.9. The first-order valence-electron chi connectivity index (χ1n) is 6.91. The van der Waals surface area contributed by atoms with Crippen LogP contribution in [0, 0.1) is 0 Å². The topological polar surface area (TPSA) is 98.1 Å². The van der Waals surface area contributed by atoms with Crippen molar-refractivity contribution in [3.05, 3.63) is 30.6 Å². The number of carbonyl (C=O) groups is 2. The Morgan fingerprint density at radius 1 is 1.45 bits per heavy atom. The molecule has 0 fully saturated rings. The Kier molecular flexibility index (Phi) is 3.73. The zero-order chi connectivity index (χ0) is 15.5. The number of nitrogens with zero attached hydrogens (tertiary/aromatic N) is 3. The number of benzene rings is 1. The number of para-hydroxylation sites is 2. The fourth-order valence-electron chi connectivity index (χ4n) is 2.28. The van der Waals surface area contributed by atoms with Crippen LogP contribution in [-0.4, -0.2) is 33.2 Å². The van der Waals surface area contributed by atoms with E-state index in [1.54, 1.807) is 18.2 Å². The van der Waals surface area contributed by atoms with E-state index >= 15 is 0 Å². The summed E-state index contributed by atoms with van der Waals surface area (Å²) in [7, 11) is 0. The molecule has 0 aliphatic carbocycles. The summed E-state index contributed by atoms with van der Waals surface area (Å²) in [5, 5.41) is 9.29. The molecule has 0 radical (unpaired) electrons. The minimum absolute atomic E-state index is 0.0251. The Bertz CT molecular complexity index is 712. The van der Waals surface area contributed by atoms with Gasteiger partial charge in [-0.2, -0.15) is 10.1 Å². The summed E-state index contributed by atoms with van der Waals surface area (Å²) in [6, 6.07) is 6.47. The molecular weight excluding hydrogens is 286 g/mol. The lowest BCUT2D eigenvalue weighted by Crippen LogP contribution is -2.23. The number of anilines is 2. The molecule has 1 aliphatic rings. The number of nitrogens with one attached hydrogen (secondary N) is 2. The van der Waals surface area contributed by atoms with Crippen LogP contribution in [0.5, 0.6) is 5.75 Å². The normalized spacial score (nSPS) is 16.0. The molecule has 1 aromatic carbocycles. The van der Waals surface area contributed by atoms with E-state index in [1.165, 1.54) is 11.0 Å². The molecule has 2 N–H and O–H groups in total. The standard InChI is InChI=1S/C14H15N5O3/c1-2-22-11-6-4-3-5-9(11)17-12(20)7-10-13(21)18-14-15-8-16-19(10)14/h3-6,8,10H,2,7H2,1H3,(H,17,20)(H,15,16,18,21)/t10-/m1/s1. The summed E-state index contributed by atoms with van der Waals surface area (Å²) in [6.07, 6.45) is 1.31. The molecule has 2 aromatic rings. The fraction of sp³-hybridized carbons (Fsp3) is 0.286. The third-order valence-electron chi connectivity index (χ3n) is 3.25. The first-order valence-corrected chi connectivity index (χ1v) is 6.91. The SMILES string of the molecule is CCOc1ccccc1NC(=O)C[C@@H]1C(=O)Nc2ncnn21. The van der Waals surface area contributed by atoms with Crippen molar-refractivity contribution in [3.8, 4) is 5.75 Å². The van der Waals surface area contributed by atoms with E-state index in [2.05, 4.69) is 20.7 Å². The van der Waals surface area contributed by atoms with Crippen molar-refractivity contribution in [1.82, 2.24) is 14.8 Å². The van der Waals surface area contributed by atoms with E-state index < -0.39 is 6.04 Å². The minimum atomic E-state index is -0.684. The Balaban J connectivity index is 1.70. The molecule has 0 saturated heterocycles. The molecule has 8 nitrogen and oxygen atoms in total. The molecule has 2 heterocycles. The van der Waals surface area contributed by atoms with Gasteiger partial charge in [-0.05, 0) is 19.1 Å². The Morgan fingerprint density at radius 3 is 3.09 bits per heavy atom. The lowest BCUT2D eigenvalue weighted by Gasteiger charge is -2.12. The van der Waals surface area contributed by atoms with Gasteiger partial charge in [0.2, 0.25) is 11.9 Å². The van der Waals surface area contributed by atoms with Crippen LogP contribution in [0.2, 0.25) is 0 Å². The summed E-state index contributed by atoms with van der Waals surface area (Å²) < 4.78 is 6.86. The molecule has 1 atom stereocenters. The number of hydrogen-bond acceptors (Lipinski definition) is 5. The number of amides is 2. The highest BCUT2D eigenvalue weighted by atomic mass is 16.5. The molecule has 22 heavy (non-hydrogen) atoms. The first kappa shape index (κ1) is 14.1. The van der Waals surface area contributed by atoms with Crippen LogP contribution < -0.4 is 15.4 Å². The van der Waals surface area contributed by atoms with E-state index in [-0.39, 0.29) is 18.2 Å². The molecule has 0 unspecified atom stereocenters. The van der Waals surface area contributed by atoms with Crippen molar-refractivity contribution in [2.75, 3.05) is 17.2 Å². The monoisotopic (exact) mass is 301 g/mol. The second-order valence-electron chi connectivity index (χ2n) is 4.71. The number of rotatable bonds is 5. The maximum atomic E-state index is 12.2. The lowest BCUT2D eigenvalue weighted by molar-refractivity contribution is -0.123. The molecule has 8 heteroatoms. The van der Waals surface area contributed by atoms with Gasteiger partial charge in [0, 0.05) is 0 Å². The van der Waals surface area contributed by atoms with Crippen molar-refractivity contribution in [2.24, 2.45) is 0 Å². The highest BCUT2D eigenvalue weighted by Gasteiger charge is 2.33. The fourth-order valence-corrected chi connectivity index (χ4v) is 2.28. The van der Waals surface area contributed by atoms with Gasteiger partial charge in [0.25, 0.3) is 5.91 Å². The second-order valence-corrected chi connectivity index (χ2v) is 4.71. The van der Waals surface area contributed by atoms with Crippen molar-refractivity contribution in [2.45, 2.75) is 19.4 Å². The molecule has 0 bridgehead atoms. The highest BCUT2D eigenvalue weighted by Crippen LogP contribution is 2.27. The van der Waals surface area contributed by atoms with Crippen molar-refractivity contribution in [3.63, 3.8) is 0 Å². The quantitative estimate of drug-likeness (QED) is 0.864. The van der Waals surface area contributed by atoms with Crippen LogP contribution in [0.4, 0.5) is 11.6 Å². The summed E-state index contributed by atoms with van der Waals surface area (Å²) in [5.41, 5.74) is 0.576. The van der Waals surface area contributed by atoms with Crippen molar-refractivity contribution >= 4 is 23.5 Å². The van der Waals surface area contributed by atoms with Crippen LogP contribution in [0.3, 0.4) is 0 Å². The third kappa shape index (κ3) is 2.62. The predicted molar refractivity (Wildman–Crippen MR) is 78.5 cm³/mol. The second kappa shape index (κ2) is 5.84. The van der Waals surface area contributed by atoms with Gasteiger partial charge in [-0.3, -0.25) is 14.9 Å². The van der Waals surface area contributed by atoms with Crippen LogP contribution >= 0.6 is 0 Å². The molecule has 1 aromatic heterocycles. The molecule has 0 spiro atoms. The molecule has 1 aliphatic heterocycles. The Morgan fingerprint density at radius 2 is 2.27 bits per heavy atom. The van der Waals surface area contributed by atoms with Crippen LogP contribution in [0.15, 0.2) is 30.6 Å². The van der Waals surface area contributed by atoms with Gasteiger partial charge in [0.05, 0.1) is 18.7 Å². The molecule has 0 saturated carbocycles. The first-order chi connectivity index (χ1) is 10.7. The number of aromatic nitrogens is 3. The minimum Gasteiger partial charge on any atom is -0.492 e. The summed E-state index contributed by atoms with van der Waals surface area (Å²) >= 11 is 0. The lowest BCUT2D eigenvalue weighted by atomic mass is 10.2. The summed E-state index contributed by atoms with van der Waals surface area (Å²) in [5.74, 6) is 0.368. The average molecular weight is 301 g/mol. The average Bonchev–Trinajstić information content (AvgIpc) is 3.05. The van der Waals surface area contributed by atoms with Gasteiger partial charge in [0.15, 0.2) is 0 Å². The zero-order valence-corrected chi connectivity index (χ0v) is 11.9. The third-order valence-corrected chi connectivity index (χ3v) is 3.25. The smallest absolute Gasteiger partial charge is 0.252 e. The summed E-state index contributed by atoms with van der Waals surface area (Å²) in [6.45, 7) is 2.37. The maximum Gasteiger partial charge on any atom is 0.252 e. The van der Waals surface area contributed by atoms with Gasteiger partial charge in [-0.1, -0.05) is 12.1 Å². The van der Waals surface area contributed by atoms with Crippen LogP contribution in [0.1, 0.15) is 19.4 Å². The van der Waals surface area contributed by atoms with E-state index in [1.807, 2.05) is 13.0 Å². The number of fused-ring (bicyclic) bond motifs is 1. The molecule has 3 rings (SSSR count). The molecular formula is C14H15N5O3. The summed E-state index contributed by atoms with van der Waals surface area (Å²) in [4.78, 5) is 27.9. The largest absolute Gasteiger partial charge is 0.492 e. The number of ether oxygens (including phenoxy) is 1. The van der Waals surface area contributed by atoms with Crippen molar-refractivity contribution in [1.29, 1.82) is 0 Å². The number of carbonyl (C=O) groups excluding carboxylic acids is 2. The molecule has 2 amide bonds. The predicted octanol–water partition coefficient (Wildman–Crippen LogP) is 1.20. The van der Waals surface area contributed by atoms with Crippen molar-refractivity contribution < 1.29 is 14.3 Å². The maximum absolute atomic E-state index is 12.2. The Labute approximate surface area is 126 Å². The van der Waals surface area contributed by atoms with Gasteiger partial charge < -0.3 is 10.1 Å². The van der Waals surface area contributed by atoms with Crippen LogP contribution in [-0.2, 0) is 9.59 Å². The van der Waals surface area contributed by atoms with E-state index in [0.717, 1.165) is 0 Å². The van der Waals surface area contributed by atoms with E-state index in [0.29, 0.717) is 24.0 Å². The highest BCUT2D eigenvalue weighted by molar-refractivity contribution is 6.01. The number of hydrogen-bond donors (Lipinski definition) is 2. The van der Waals surface area contributed by atoms with Crippen LogP contribution in [0.25, 0.3) is 0 Å².